The monoisotopic (exact) mass is 218 g/mol. The zero-order chi connectivity index (χ0) is 11.5. The van der Waals surface area contributed by atoms with Crippen LogP contribution in [0.4, 0.5) is 0 Å². The van der Waals surface area contributed by atoms with Crippen LogP contribution in [0.2, 0.25) is 0 Å². The van der Waals surface area contributed by atoms with Crippen molar-refractivity contribution >= 4 is 0 Å². The molecule has 2 aromatic rings. The Bertz CT molecular complexity index is 469. The molecule has 2 rings (SSSR count). The first kappa shape index (κ1) is 10.5. The van der Waals surface area contributed by atoms with Gasteiger partial charge >= 0.3 is 0 Å². The van der Waals surface area contributed by atoms with E-state index in [0.29, 0.717) is 0 Å². The minimum absolute atomic E-state index is 0.765. The summed E-state index contributed by atoms with van der Waals surface area (Å²) in [7, 11) is 3.27. The van der Waals surface area contributed by atoms with Gasteiger partial charge in [0.15, 0.2) is 0 Å². The van der Waals surface area contributed by atoms with Crippen LogP contribution in [0.25, 0.3) is 11.3 Å². The maximum absolute atomic E-state index is 5.21. The van der Waals surface area contributed by atoms with Crippen molar-refractivity contribution < 1.29 is 9.47 Å². The third-order valence-corrected chi connectivity index (χ3v) is 2.37. The van der Waals surface area contributed by atoms with Crippen molar-refractivity contribution in [3.8, 4) is 22.8 Å². The van der Waals surface area contributed by atoms with E-state index in [4.69, 9.17) is 9.47 Å². The van der Waals surface area contributed by atoms with Gasteiger partial charge in [-0.2, -0.15) is 5.10 Å². The zero-order valence-corrected chi connectivity index (χ0v) is 9.57. The first-order valence-electron chi connectivity index (χ1n) is 4.98. The minimum Gasteiger partial charge on any atom is -0.497 e. The van der Waals surface area contributed by atoms with Gasteiger partial charge in [-0.25, -0.2) is 0 Å². The number of ether oxygens (including phenoxy) is 2. The van der Waals surface area contributed by atoms with Crippen LogP contribution in [-0.4, -0.2) is 24.4 Å². The van der Waals surface area contributed by atoms with Crippen molar-refractivity contribution in [1.82, 2.24) is 10.2 Å². The Hall–Kier alpha value is -1.97. The lowest BCUT2D eigenvalue weighted by Crippen LogP contribution is -1.88. The molecular formula is C12H14N2O2. The van der Waals surface area contributed by atoms with Crippen LogP contribution in [0, 0.1) is 6.92 Å². The summed E-state index contributed by atoms with van der Waals surface area (Å²) in [4.78, 5) is 0. The number of methoxy groups -OCH3 is 2. The molecule has 0 aliphatic rings. The molecule has 0 radical (unpaired) electrons. The number of aromatic amines is 1. The van der Waals surface area contributed by atoms with Crippen LogP contribution in [0.3, 0.4) is 0 Å². The number of hydrogen-bond acceptors (Lipinski definition) is 3. The van der Waals surface area contributed by atoms with Gasteiger partial charge in [0, 0.05) is 11.6 Å². The van der Waals surface area contributed by atoms with E-state index in [-0.39, 0.29) is 0 Å². The summed E-state index contributed by atoms with van der Waals surface area (Å²) >= 11 is 0. The topological polar surface area (TPSA) is 47.1 Å². The Morgan fingerprint density at radius 1 is 1.00 bits per heavy atom. The SMILES string of the molecule is COc1cc(OC)cc(-c2cc(C)n[nH]2)c1. The van der Waals surface area contributed by atoms with Gasteiger partial charge in [-0.15, -0.1) is 0 Å². The van der Waals surface area contributed by atoms with Crippen LogP contribution in [0.5, 0.6) is 11.5 Å². The summed E-state index contributed by atoms with van der Waals surface area (Å²) in [6.45, 7) is 1.94. The third-order valence-electron chi connectivity index (χ3n) is 2.37. The van der Waals surface area contributed by atoms with E-state index in [1.165, 1.54) is 0 Å². The average Bonchev–Trinajstić information content (AvgIpc) is 2.75. The normalized spacial score (nSPS) is 10.2. The molecule has 0 aliphatic heterocycles. The maximum atomic E-state index is 5.21. The van der Waals surface area contributed by atoms with Gasteiger partial charge in [0.25, 0.3) is 0 Å². The van der Waals surface area contributed by atoms with Gasteiger partial charge in [-0.3, -0.25) is 5.10 Å². The summed E-state index contributed by atoms with van der Waals surface area (Å²) in [6.07, 6.45) is 0. The second-order valence-corrected chi connectivity index (χ2v) is 3.52. The lowest BCUT2D eigenvalue weighted by molar-refractivity contribution is 0.394. The molecule has 0 bridgehead atoms. The number of aromatic nitrogens is 2. The second-order valence-electron chi connectivity index (χ2n) is 3.52. The molecule has 16 heavy (non-hydrogen) atoms. The van der Waals surface area contributed by atoms with Crippen LogP contribution in [-0.2, 0) is 0 Å². The summed E-state index contributed by atoms with van der Waals surface area (Å²) < 4.78 is 10.4. The molecule has 0 unspecified atom stereocenters. The highest BCUT2D eigenvalue weighted by molar-refractivity contribution is 5.64. The van der Waals surface area contributed by atoms with Crippen LogP contribution in [0.1, 0.15) is 5.69 Å². The fourth-order valence-corrected chi connectivity index (χ4v) is 1.53. The molecule has 0 fully saturated rings. The second kappa shape index (κ2) is 4.26. The van der Waals surface area contributed by atoms with E-state index in [1.54, 1.807) is 14.2 Å². The maximum Gasteiger partial charge on any atom is 0.123 e. The standard InChI is InChI=1S/C12H14N2O2/c1-8-4-12(14-13-8)9-5-10(15-2)7-11(6-9)16-3/h4-7H,1-3H3,(H,13,14). The molecule has 84 valence electrons. The van der Waals surface area contributed by atoms with Crippen molar-refractivity contribution in [3.05, 3.63) is 30.0 Å². The highest BCUT2D eigenvalue weighted by Gasteiger charge is 2.05. The summed E-state index contributed by atoms with van der Waals surface area (Å²) in [6, 6.07) is 7.70. The Morgan fingerprint density at radius 2 is 1.62 bits per heavy atom. The molecule has 0 saturated carbocycles. The number of nitrogens with one attached hydrogen (secondary N) is 1. The third kappa shape index (κ3) is 2.00. The van der Waals surface area contributed by atoms with E-state index >= 15 is 0 Å². The van der Waals surface area contributed by atoms with Gasteiger partial charge in [0.2, 0.25) is 0 Å². The molecule has 0 spiro atoms. The Labute approximate surface area is 94.2 Å². The Kier molecular flexibility index (Phi) is 2.81. The van der Waals surface area contributed by atoms with Gasteiger partial charge in [0.1, 0.15) is 11.5 Å². The first-order valence-corrected chi connectivity index (χ1v) is 4.98. The largest absolute Gasteiger partial charge is 0.497 e. The van der Waals surface area contributed by atoms with Crippen LogP contribution < -0.4 is 9.47 Å². The van der Waals surface area contributed by atoms with E-state index in [9.17, 15) is 0 Å². The van der Waals surface area contributed by atoms with E-state index in [1.807, 2.05) is 31.2 Å². The van der Waals surface area contributed by atoms with Crippen LogP contribution in [0.15, 0.2) is 24.3 Å². The molecule has 0 atom stereocenters. The molecule has 1 aromatic heterocycles. The molecule has 0 aliphatic carbocycles. The molecule has 1 N–H and O–H groups in total. The summed E-state index contributed by atoms with van der Waals surface area (Å²) in [5, 5.41) is 7.06. The molecule has 1 heterocycles. The first-order chi connectivity index (χ1) is 7.72. The van der Waals surface area contributed by atoms with Gasteiger partial charge < -0.3 is 9.47 Å². The summed E-state index contributed by atoms with van der Waals surface area (Å²) in [5.41, 5.74) is 2.91. The quantitative estimate of drug-likeness (QED) is 0.860. The Balaban J connectivity index is 2.47. The van der Waals surface area contributed by atoms with E-state index in [0.717, 1.165) is 28.5 Å². The predicted octanol–water partition coefficient (Wildman–Crippen LogP) is 2.40. The van der Waals surface area contributed by atoms with Gasteiger partial charge in [0.05, 0.1) is 25.6 Å². The highest BCUT2D eigenvalue weighted by Crippen LogP contribution is 2.28. The fraction of sp³-hybridized carbons (Fsp3) is 0.250. The molecule has 4 nitrogen and oxygen atoms in total. The number of hydrogen-bond donors (Lipinski definition) is 1. The highest BCUT2D eigenvalue weighted by atomic mass is 16.5. The molecule has 0 amide bonds. The summed E-state index contributed by atoms with van der Waals surface area (Å²) in [5.74, 6) is 1.53. The van der Waals surface area contributed by atoms with Gasteiger partial charge in [-0.05, 0) is 25.1 Å². The van der Waals surface area contributed by atoms with Crippen molar-refractivity contribution in [2.45, 2.75) is 6.92 Å². The van der Waals surface area contributed by atoms with Crippen molar-refractivity contribution in [1.29, 1.82) is 0 Å². The van der Waals surface area contributed by atoms with Crippen LogP contribution >= 0.6 is 0 Å². The number of benzene rings is 1. The lowest BCUT2D eigenvalue weighted by Gasteiger charge is -2.06. The van der Waals surface area contributed by atoms with E-state index in [2.05, 4.69) is 10.2 Å². The van der Waals surface area contributed by atoms with Crippen molar-refractivity contribution in [2.24, 2.45) is 0 Å². The molecule has 1 aromatic carbocycles. The number of aryl methyl sites for hydroxylation is 1. The smallest absolute Gasteiger partial charge is 0.123 e. The van der Waals surface area contributed by atoms with Crippen molar-refractivity contribution in [2.75, 3.05) is 14.2 Å². The Morgan fingerprint density at radius 3 is 2.06 bits per heavy atom. The average molecular weight is 218 g/mol. The lowest BCUT2D eigenvalue weighted by atomic mass is 10.1. The molecule has 0 saturated heterocycles. The zero-order valence-electron chi connectivity index (χ0n) is 9.57. The molecule has 4 heteroatoms. The number of rotatable bonds is 3. The fourth-order valence-electron chi connectivity index (χ4n) is 1.53. The van der Waals surface area contributed by atoms with Gasteiger partial charge in [-0.1, -0.05) is 0 Å². The number of nitrogens with zero attached hydrogens (tertiary/aromatic N) is 1. The van der Waals surface area contributed by atoms with Crippen molar-refractivity contribution in [3.63, 3.8) is 0 Å². The van der Waals surface area contributed by atoms with E-state index < -0.39 is 0 Å². The number of H-pyrrole nitrogens is 1. The minimum atomic E-state index is 0.765. The molecular weight excluding hydrogens is 204 g/mol. The predicted molar refractivity (Wildman–Crippen MR) is 61.9 cm³/mol.